The van der Waals surface area contributed by atoms with Crippen LogP contribution in [0.1, 0.15) is 41.4 Å². The van der Waals surface area contributed by atoms with E-state index in [0.717, 1.165) is 36.3 Å². The maximum absolute atomic E-state index is 12.6. The van der Waals surface area contributed by atoms with E-state index in [1.807, 2.05) is 48.5 Å². The summed E-state index contributed by atoms with van der Waals surface area (Å²) in [5.41, 5.74) is 4.53. The fourth-order valence-electron chi connectivity index (χ4n) is 3.40. The quantitative estimate of drug-likeness (QED) is 0.668. The summed E-state index contributed by atoms with van der Waals surface area (Å²) in [5.74, 6) is 1.20. The molecule has 0 aliphatic heterocycles. The van der Waals surface area contributed by atoms with Gasteiger partial charge in [0.2, 0.25) is 5.95 Å². The van der Waals surface area contributed by atoms with Crippen LogP contribution in [0.4, 0.5) is 23.1 Å². The van der Waals surface area contributed by atoms with E-state index >= 15 is 0 Å². The van der Waals surface area contributed by atoms with Crippen LogP contribution in [0.5, 0.6) is 0 Å². The predicted molar refractivity (Wildman–Crippen MR) is 108 cm³/mol. The number of hydrogen-bond acceptors (Lipinski definition) is 5. The highest BCUT2D eigenvalue weighted by Gasteiger charge is 2.25. The average molecular weight is 358 g/mol. The zero-order chi connectivity index (χ0) is 18.6. The molecule has 0 fully saturated rings. The molecule has 5 heteroatoms. The maximum Gasteiger partial charge on any atom is 0.229 e. The van der Waals surface area contributed by atoms with E-state index in [0.29, 0.717) is 23.8 Å². The third-order valence-corrected chi connectivity index (χ3v) is 4.76. The molecule has 0 saturated heterocycles. The van der Waals surface area contributed by atoms with E-state index in [9.17, 15) is 4.79 Å². The van der Waals surface area contributed by atoms with Crippen LogP contribution in [0.25, 0.3) is 0 Å². The minimum Gasteiger partial charge on any atom is -0.339 e. The number of rotatable bonds is 5. The van der Waals surface area contributed by atoms with Crippen molar-refractivity contribution < 1.29 is 4.79 Å². The molecule has 136 valence electrons. The molecular weight excluding hydrogens is 336 g/mol. The Bertz CT molecular complexity index is 969. The lowest BCUT2D eigenvalue weighted by Crippen LogP contribution is -2.18. The molecule has 1 aliphatic carbocycles. The van der Waals surface area contributed by atoms with Crippen LogP contribution < -0.4 is 10.6 Å². The summed E-state index contributed by atoms with van der Waals surface area (Å²) < 4.78 is 0. The number of nitrogens with one attached hydrogen (secondary N) is 2. The summed E-state index contributed by atoms with van der Waals surface area (Å²) in [6.07, 6.45) is 3.07. The van der Waals surface area contributed by atoms with Crippen LogP contribution in [0.2, 0.25) is 0 Å². The summed E-state index contributed by atoms with van der Waals surface area (Å²) in [7, 11) is 0. The zero-order valence-corrected chi connectivity index (χ0v) is 15.3. The smallest absolute Gasteiger partial charge is 0.229 e. The van der Waals surface area contributed by atoms with Gasteiger partial charge in [-0.05, 0) is 43.0 Å². The van der Waals surface area contributed by atoms with Crippen LogP contribution in [-0.4, -0.2) is 15.8 Å². The van der Waals surface area contributed by atoms with Gasteiger partial charge in [0.05, 0.1) is 11.3 Å². The van der Waals surface area contributed by atoms with Crippen molar-refractivity contribution in [1.29, 1.82) is 0 Å². The topological polar surface area (TPSA) is 66.9 Å². The van der Waals surface area contributed by atoms with Gasteiger partial charge in [-0.1, -0.05) is 43.3 Å². The number of Topliss-reactive ketones (excluding diaryl/α,β-unsaturated/α-hetero) is 1. The monoisotopic (exact) mass is 358 g/mol. The lowest BCUT2D eigenvalue weighted by atomic mass is 9.95. The lowest BCUT2D eigenvalue weighted by molar-refractivity contribution is 0.0972. The fourth-order valence-corrected chi connectivity index (χ4v) is 3.40. The molecular formula is C22H22N4O. The van der Waals surface area contributed by atoms with Gasteiger partial charge in [0.25, 0.3) is 0 Å². The van der Waals surface area contributed by atoms with E-state index in [4.69, 9.17) is 0 Å². The highest BCUT2D eigenvalue weighted by atomic mass is 16.1. The van der Waals surface area contributed by atoms with Crippen molar-refractivity contribution >= 4 is 28.9 Å². The molecule has 0 bridgehead atoms. The Balaban J connectivity index is 1.76. The number of hydrogen-bond donors (Lipinski definition) is 2. The minimum absolute atomic E-state index is 0.110. The number of aryl methyl sites for hydroxylation is 2. The molecule has 1 aromatic heterocycles. The van der Waals surface area contributed by atoms with E-state index in [2.05, 4.69) is 33.6 Å². The van der Waals surface area contributed by atoms with Gasteiger partial charge < -0.3 is 10.6 Å². The largest absolute Gasteiger partial charge is 0.339 e. The third kappa shape index (κ3) is 3.67. The van der Waals surface area contributed by atoms with Gasteiger partial charge in [0, 0.05) is 17.8 Å². The first-order valence-electron chi connectivity index (χ1n) is 9.35. The Kier molecular flexibility index (Phi) is 4.83. The molecule has 0 radical (unpaired) electrons. The number of anilines is 4. The highest BCUT2D eigenvalue weighted by Crippen LogP contribution is 2.30. The molecule has 1 heterocycles. The molecule has 0 unspecified atom stereocenters. The molecule has 27 heavy (non-hydrogen) atoms. The molecule has 1 aliphatic rings. The molecule has 2 aromatic carbocycles. The van der Waals surface area contributed by atoms with Crippen molar-refractivity contribution in [2.45, 2.75) is 32.6 Å². The number of ketones is 1. The summed E-state index contributed by atoms with van der Waals surface area (Å²) in [4.78, 5) is 21.8. The van der Waals surface area contributed by atoms with E-state index < -0.39 is 0 Å². The van der Waals surface area contributed by atoms with Crippen LogP contribution in [0.3, 0.4) is 0 Å². The molecule has 0 amide bonds. The molecule has 5 nitrogen and oxygen atoms in total. The number of nitrogens with zero attached hydrogens (tertiary/aromatic N) is 2. The Morgan fingerprint density at radius 1 is 0.926 bits per heavy atom. The summed E-state index contributed by atoms with van der Waals surface area (Å²) in [6.45, 7) is 2.11. The zero-order valence-electron chi connectivity index (χ0n) is 15.3. The first kappa shape index (κ1) is 17.2. The van der Waals surface area contributed by atoms with Gasteiger partial charge >= 0.3 is 0 Å². The molecule has 3 aromatic rings. The number of aromatic nitrogens is 2. The second-order valence-electron chi connectivity index (χ2n) is 6.62. The van der Waals surface area contributed by atoms with Gasteiger partial charge in [-0.15, -0.1) is 0 Å². The summed E-state index contributed by atoms with van der Waals surface area (Å²) >= 11 is 0. The second kappa shape index (κ2) is 7.58. The van der Waals surface area contributed by atoms with Crippen molar-refractivity contribution in [2.75, 3.05) is 10.6 Å². The maximum atomic E-state index is 12.6. The van der Waals surface area contributed by atoms with Gasteiger partial charge in [0.15, 0.2) is 5.78 Å². The molecule has 0 saturated carbocycles. The number of fused-ring (bicyclic) bond motifs is 1. The van der Waals surface area contributed by atoms with Crippen LogP contribution in [0.15, 0.2) is 54.6 Å². The lowest BCUT2D eigenvalue weighted by Gasteiger charge is -2.20. The van der Waals surface area contributed by atoms with Crippen molar-refractivity contribution in [3.8, 4) is 0 Å². The van der Waals surface area contributed by atoms with Crippen LogP contribution >= 0.6 is 0 Å². The van der Waals surface area contributed by atoms with Gasteiger partial charge in [-0.3, -0.25) is 4.79 Å². The fraction of sp³-hybridized carbons (Fsp3) is 0.227. The summed E-state index contributed by atoms with van der Waals surface area (Å²) in [6, 6.07) is 17.9. The first-order valence-corrected chi connectivity index (χ1v) is 9.35. The number of benzene rings is 2. The van der Waals surface area contributed by atoms with Gasteiger partial charge in [-0.25, -0.2) is 4.98 Å². The Morgan fingerprint density at radius 2 is 1.70 bits per heavy atom. The predicted octanol–water partition coefficient (Wildman–Crippen LogP) is 5.05. The third-order valence-electron chi connectivity index (χ3n) is 4.76. The van der Waals surface area contributed by atoms with E-state index in [1.165, 1.54) is 5.56 Å². The Labute approximate surface area is 158 Å². The summed E-state index contributed by atoms with van der Waals surface area (Å²) in [5, 5.41) is 6.65. The van der Waals surface area contributed by atoms with E-state index in [1.54, 1.807) is 0 Å². The second-order valence-corrected chi connectivity index (χ2v) is 6.62. The van der Waals surface area contributed by atoms with Crippen molar-refractivity contribution in [1.82, 2.24) is 9.97 Å². The Hall–Kier alpha value is -3.21. The first-order chi connectivity index (χ1) is 13.2. The van der Waals surface area contributed by atoms with Crippen molar-refractivity contribution in [3.63, 3.8) is 0 Å². The molecule has 2 N–H and O–H groups in total. The molecule has 4 rings (SSSR count). The van der Waals surface area contributed by atoms with Crippen molar-refractivity contribution in [2.24, 2.45) is 0 Å². The van der Waals surface area contributed by atoms with Gasteiger partial charge in [0.1, 0.15) is 5.82 Å². The van der Waals surface area contributed by atoms with Gasteiger partial charge in [-0.2, -0.15) is 4.98 Å². The van der Waals surface area contributed by atoms with Crippen molar-refractivity contribution in [3.05, 3.63) is 71.4 Å². The number of carbonyl (C=O) groups is 1. The minimum atomic E-state index is 0.110. The molecule has 0 atom stereocenters. The SMILES string of the molecule is CCc1ccccc1Nc1nc(Nc2ccccc2)nc2c1C(=O)CCC2. The normalized spacial score (nSPS) is 13.1. The average Bonchev–Trinajstić information content (AvgIpc) is 2.69. The van der Waals surface area contributed by atoms with Crippen LogP contribution in [-0.2, 0) is 12.8 Å². The van der Waals surface area contributed by atoms with E-state index in [-0.39, 0.29) is 5.78 Å². The number of carbonyl (C=O) groups excluding carboxylic acids is 1. The standard InChI is InChI=1S/C22H22N4O/c1-2-15-9-6-7-12-17(15)24-21-20-18(13-8-14-19(20)27)25-22(26-21)23-16-10-4-3-5-11-16/h3-7,9-12H,2,8,13-14H2,1H3,(H2,23,24,25,26). The highest BCUT2D eigenvalue weighted by molar-refractivity contribution is 6.03. The Morgan fingerprint density at radius 3 is 2.52 bits per heavy atom. The van der Waals surface area contributed by atoms with Crippen LogP contribution in [0, 0.1) is 0 Å². The molecule has 0 spiro atoms. The number of para-hydroxylation sites is 2.